The Kier molecular flexibility index (Phi) is 7.63. The van der Waals surface area contributed by atoms with Crippen molar-refractivity contribution in [2.45, 2.75) is 10.3 Å². The number of nitrogens with zero attached hydrogens (tertiary/aromatic N) is 1. The number of nitro benzene ring substituents is 1. The summed E-state index contributed by atoms with van der Waals surface area (Å²) in [6.45, 7) is -0.106. The van der Waals surface area contributed by atoms with Crippen molar-refractivity contribution in [3.63, 3.8) is 0 Å². The number of carboxylic acid groups (broad SMARTS) is 1. The predicted octanol–water partition coefficient (Wildman–Crippen LogP) is 2.75. The molecule has 2 N–H and O–H groups in total. The van der Waals surface area contributed by atoms with Crippen molar-refractivity contribution in [3.05, 3.63) is 63.7 Å². The second kappa shape index (κ2) is 9.73. The quantitative estimate of drug-likeness (QED) is 0.246. The molecular formula is C16H15ClN2O7S2. The Hall–Kier alpha value is -2.34. The highest BCUT2D eigenvalue weighted by molar-refractivity contribution is 8.00. The number of nitro groups is 1. The summed E-state index contributed by atoms with van der Waals surface area (Å²) in [5.41, 5.74) is -1.75. The molecule has 2 rings (SSSR count). The highest BCUT2D eigenvalue weighted by Crippen LogP contribution is 2.27. The summed E-state index contributed by atoms with van der Waals surface area (Å²) in [5, 5.41) is 19.9. The molecule has 28 heavy (non-hydrogen) atoms. The molecule has 0 radical (unpaired) electrons. The van der Waals surface area contributed by atoms with E-state index in [2.05, 4.69) is 4.72 Å². The number of ether oxygens (including phenoxy) is 1. The fourth-order valence-electron chi connectivity index (χ4n) is 2.00. The number of halogens is 1. The number of benzene rings is 2. The van der Waals surface area contributed by atoms with Gasteiger partial charge < -0.3 is 9.84 Å². The Labute approximate surface area is 169 Å². The molecule has 1 unspecified atom stereocenters. The van der Waals surface area contributed by atoms with Gasteiger partial charge in [-0.15, -0.1) is 11.8 Å². The number of sulfonamides is 1. The molecule has 0 saturated carbocycles. The van der Waals surface area contributed by atoms with Crippen molar-refractivity contribution in [2.75, 3.05) is 12.3 Å². The third-order valence-electron chi connectivity index (χ3n) is 3.28. The van der Waals surface area contributed by atoms with E-state index in [-0.39, 0.29) is 22.2 Å². The number of carboxylic acids is 1. The molecule has 0 heterocycles. The molecule has 0 aliphatic carbocycles. The van der Waals surface area contributed by atoms with Crippen LogP contribution in [0, 0.1) is 10.1 Å². The van der Waals surface area contributed by atoms with Gasteiger partial charge in [0.2, 0.25) is 15.5 Å². The van der Waals surface area contributed by atoms with Crippen LogP contribution in [-0.2, 0) is 14.8 Å². The van der Waals surface area contributed by atoms with Gasteiger partial charge in [-0.2, -0.15) is 0 Å². The zero-order chi connectivity index (χ0) is 20.7. The standard InChI is InChI=1S/C16H15ClN2O7S2/c17-13-7-6-12(10-14(13)19(22)23)28(24,25)18-8-9-27-16(15(20)21)26-11-4-2-1-3-5-11/h1-7,10,16,18H,8-9H2,(H,20,21). The number of aliphatic carboxylic acids is 1. The van der Waals surface area contributed by atoms with Crippen molar-refractivity contribution in [1.82, 2.24) is 4.72 Å². The monoisotopic (exact) mass is 446 g/mol. The fourth-order valence-corrected chi connectivity index (χ4v) is 4.13. The average molecular weight is 447 g/mol. The molecule has 0 aromatic heterocycles. The third kappa shape index (κ3) is 6.09. The van der Waals surface area contributed by atoms with E-state index < -0.39 is 32.0 Å². The Morgan fingerprint density at radius 3 is 2.57 bits per heavy atom. The SMILES string of the molecule is O=C(O)C(Oc1ccccc1)SCCNS(=O)(=O)c1ccc(Cl)c([N+](=O)[O-])c1. The maximum absolute atomic E-state index is 12.3. The van der Waals surface area contributed by atoms with Crippen LogP contribution in [0.4, 0.5) is 5.69 Å². The third-order valence-corrected chi connectivity index (χ3v) is 6.09. The zero-order valence-corrected chi connectivity index (χ0v) is 16.5. The molecule has 9 nitrogen and oxygen atoms in total. The Balaban J connectivity index is 1.95. The molecule has 0 aliphatic rings. The zero-order valence-electron chi connectivity index (χ0n) is 14.1. The van der Waals surface area contributed by atoms with Crippen LogP contribution in [0.15, 0.2) is 53.4 Å². The van der Waals surface area contributed by atoms with E-state index in [0.29, 0.717) is 5.75 Å². The lowest BCUT2D eigenvalue weighted by Gasteiger charge is -2.14. The number of rotatable bonds is 10. The molecule has 2 aromatic carbocycles. The maximum atomic E-state index is 12.3. The lowest BCUT2D eigenvalue weighted by atomic mass is 10.3. The Morgan fingerprint density at radius 2 is 1.96 bits per heavy atom. The number of carbonyl (C=O) groups is 1. The molecule has 0 amide bonds. The number of hydrogen-bond donors (Lipinski definition) is 2. The highest BCUT2D eigenvalue weighted by Gasteiger charge is 2.22. The molecule has 0 spiro atoms. The summed E-state index contributed by atoms with van der Waals surface area (Å²) >= 11 is 6.56. The highest BCUT2D eigenvalue weighted by atomic mass is 35.5. The largest absolute Gasteiger partial charge is 0.478 e. The number of nitrogens with one attached hydrogen (secondary N) is 1. The average Bonchev–Trinajstić information content (AvgIpc) is 2.64. The van der Waals surface area contributed by atoms with Crippen molar-refractivity contribution in [2.24, 2.45) is 0 Å². The maximum Gasteiger partial charge on any atom is 0.355 e. The van der Waals surface area contributed by atoms with Gasteiger partial charge in [0.15, 0.2) is 0 Å². The van der Waals surface area contributed by atoms with Crippen molar-refractivity contribution in [1.29, 1.82) is 0 Å². The van der Waals surface area contributed by atoms with Gasteiger partial charge in [0.05, 0.1) is 9.82 Å². The molecule has 0 bridgehead atoms. The smallest absolute Gasteiger partial charge is 0.355 e. The Morgan fingerprint density at radius 1 is 1.29 bits per heavy atom. The lowest BCUT2D eigenvalue weighted by molar-refractivity contribution is -0.384. The van der Waals surface area contributed by atoms with Gasteiger partial charge in [-0.05, 0) is 24.3 Å². The van der Waals surface area contributed by atoms with Crippen LogP contribution in [0.1, 0.15) is 0 Å². The topological polar surface area (TPSA) is 136 Å². The van der Waals surface area contributed by atoms with Crippen molar-refractivity contribution < 1.29 is 28.0 Å². The second-order valence-electron chi connectivity index (χ2n) is 5.24. The van der Waals surface area contributed by atoms with E-state index in [4.69, 9.17) is 16.3 Å². The van der Waals surface area contributed by atoms with Crippen LogP contribution in [0.2, 0.25) is 5.02 Å². The van der Waals surface area contributed by atoms with Crippen LogP contribution < -0.4 is 9.46 Å². The minimum atomic E-state index is -4.02. The van der Waals surface area contributed by atoms with Crippen molar-refractivity contribution >= 4 is 45.0 Å². The normalized spacial score (nSPS) is 12.3. The van der Waals surface area contributed by atoms with E-state index >= 15 is 0 Å². The van der Waals surface area contributed by atoms with E-state index in [1.165, 1.54) is 0 Å². The summed E-state index contributed by atoms with van der Waals surface area (Å²) in [5.74, 6) is -0.736. The van der Waals surface area contributed by atoms with Gasteiger partial charge in [0.1, 0.15) is 10.8 Å². The number of thioether (sulfide) groups is 1. The van der Waals surface area contributed by atoms with Gasteiger partial charge in [-0.25, -0.2) is 17.9 Å². The van der Waals surface area contributed by atoms with Crippen LogP contribution in [0.25, 0.3) is 0 Å². The molecule has 1 atom stereocenters. The molecule has 150 valence electrons. The van der Waals surface area contributed by atoms with E-state index in [0.717, 1.165) is 30.0 Å². The molecule has 2 aromatic rings. The first kappa shape index (κ1) is 22.0. The van der Waals surface area contributed by atoms with Gasteiger partial charge >= 0.3 is 5.97 Å². The van der Waals surface area contributed by atoms with Crippen molar-refractivity contribution in [3.8, 4) is 5.75 Å². The second-order valence-corrected chi connectivity index (χ2v) is 8.58. The van der Waals surface area contributed by atoms with E-state index in [1.807, 2.05) is 0 Å². The van der Waals surface area contributed by atoms with Crippen LogP contribution in [-0.4, -0.2) is 42.2 Å². The molecular weight excluding hydrogens is 432 g/mol. The Bertz CT molecular complexity index is 955. The lowest BCUT2D eigenvalue weighted by Crippen LogP contribution is -2.29. The first-order chi connectivity index (χ1) is 13.2. The van der Waals surface area contributed by atoms with Gasteiger partial charge in [-0.3, -0.25) is 10.1 Å². The minimum Gasteiger partial charge on any atom is -0.478 e. The van der Waals surface area contributed by atoms with E-state index in [1.54, 1.807) is 30.3 Å². The summed E-state index contributed by atoms with van der Waals surface area (Å²) in [7, 11) is -4.02. The van der Waals surface area contributed by atoms with Crippen LogP contribution >= 0.6 is 23.4 Å². The summed E-state index contributed by atoms with van der Waals surface area (Å²) in [4.78, 5) is 21.1. The predicted molar refractivity (Wildman–Crippen MR) is 104 cm³/mol. The fraction of sp³-hybridized carbons (Fsp3) is 0.188. The summed E-state index contributed by atoms with van der Waals surface area (Å²) < 4.78 is 32.1. The first-order valence-corrected chi connectivity index (χ1v) is 10.6. The van der Waals surface area contributed by atoms with Gasteiger partial charge in [0.25, 0.3) is 5.69 Å². The van der Waals surface area contributed by atoms with Gasteiger partial charge in [0, 0.05) is 18.4 Å². The van der Waals surface area contributed by atoms with E-state index in [9.17, 15) is 28.4 Å². The summed E-state index contributed by atoms with van der Waals surface area (Å²) in [6, 6.07) is 11.5. The number of para-hydroxylation sites is 1. The first-order valence-electron chi connectivity index (χ1n) is 7.70. The minimum absolute atomic E-state index is 0.0959. The molecule has 12 heteroatoms. The summed E-state index contributed by atoms with van der Waals surface area (Å²) in [6.07, 6.45) is 0. The van der Waals surface area contributed by atoms with Crippen LogP contribution in [0.3, 0.4) is 0 Å². The van der Waals surface area contributed by atoms with Gasteiger partial charge in [-0.1, -0.05) is 29.8 Å². The molecule has 0 aliphatic heterocycles. The number of hydrogen-bond acceptors (Lipinski definition) is 7. The van der Waals surface area contributed by atoms with Crippen LogP contribution in [0.5, 0.6) is 5.75 Å². The molecule has 0 saturated heterocycles. The molecule has 0 fully saturated rings.